The van der Waals surface area contributed by atoms with Gasteiger partial charge in [0.2, 0.25) is 0 Å². The number of hydrogen-bond acceptors (Lipinski definition) is 3. The van der Waals surface area contributed by atoms with Crippen molar-refractivity contribution in [3.63, 3.8) is 0 Å². The van der Waals surface area contributed by atoms with Crippen molar-refractivity contribution in [2.45, 2.75) is 6.92 Å². The van der Waals surface area contributed by atoms with Crippen molar-refractivity contribution in [2.24, 2.45) is 0 Å². The third kappa shape index (κ3) is 0.708. The smallest absolute Gasteiger partial charge is 0.0845 e. The number of fused-ring (bicyclic) bond motifs is 1. The summed E-state index contributed by atoms with van der Waals surface area (Å²) in [6, 6.07) is 1.93. The predicted octanol–water partition coefficient (Wildman–Crippen LogP) is 2.00. The van der Waals surface area contributed by atoms with Gasteiger partial charge in [0.25, 0.3) is 0 Å². The van der Waals surface area contributed by atoms with Crippen molar-refractivity contribution < 1.29 is 0 Å². The molecule has 0 bridgehead atoms. The first-order valence-corrected chi connectivity index (χ1v) is 3.91. The fourth-order valence-corrected chi connectivity index (χ4v) is 1.66. The van der Waals surface area contributed by atoms with E-state index in [1.807, 2.05) is 18.5 Å². The number of aromatic nitrogens is 2. The van der Waals surface area contributed by atoms with Gasteiger partial charge in [-0.3, -0.25) is 4.98 Å². The van der Waals surface area contributed by atoms with Crippen LogP contribution in [-0.4, -0.2) is 9.97 Å². The molecule has 2 aromatic heterocycles. The minimum atomic E-state index is 1.05. The van der Waals surface area contributed by atoms with E-state index in [0.29, 0.717) is 0 Å². The molecule has 0 aliphatic heterocycles. The number of nitrogens with zero attached hydrogens (tertiary/aromatic N) is 2. The molecule has 0 radical (unpaired) electrons. The molecule has 50 valence electrons. The molecular weight excluding hydrogens is 144 g/mol. The maximum Gasteiger partial charge on any atom is 0.0845 e. The standard InChI is InChI=1S/C7H6N2S/c1-5-7-6(2-3-8-5)9-4-10-7/h2-4H,1H3. The molecule has 0 fully saturated rings. The Morgan fingerprint density at radius 2 is 2.30 bits per heavy atom. The monoisotopic (exact) mass is 150 g/mol. The van der Waals surface area contributed by atoms with Gasteiger partial charge in [0, 0.05) is 6.20 Å². The average molecular weight is 150 g/mol. The minimum Gasteiger partial charge on any atom is -0.260 e. The van der Waals surface area contributed by atoms with Crippen LogP contribution in [0.3, 0.4) is 0 Å². The first-order chi connectivity index (χ1) is 4.88. The Bertz CT molecular complexity index is 353. The second-order valence-corrected chi connectivity index (χ2v) is 2.95. The van der Waals surface area contributed by atoms with Gasteiger partial charge < -0.3 is 0 Å². The van der Waals surface area contributed by atoms with E-state index in [-0.39, 0.29) is 0 Å². The third-order valence-corrected chi connectivity index (χ3v) is 2.38. The molecule has 2 heterocycles. The van der Waals surface area contributed by atoms with Crippen LogP contribution in [-0.2, 0) is 0 Å². The molecule has 0 aliphatic rings. The normalized spacial score (nSPS) is 10.5. The highest BCUT2D eigenvalue weighted by Crippen LogP contribution is 2.18. The molecule has 2 nitrogen and oxygen atoms in total. The Morgan fingerprint density at radius 1 is 1.40 bits per heavy atom. The van der Waals surface area contributed by atoms with Gasteiger partial charge >= 0.3 is 0 Å². The molecular formula is C7H6N2S. The van der Waals surface area contributed by atoms with Crippen LogP contribution < -0.4 is 0 Å². The van der Waals surface area contributed by atoms with Crippen LogP contribution in [0.5, 0.6) is 0 Å². The van der Waals surface area contributed by atoms with E-state index in [9.17, 15) is 0 Å². The highest BCUT2D eigenvalue weighted by Gasteiger charge is 1.97. The quantitative estimate of drug-likeness (QED) is 0.574. The summed E-state index contributed by atoms with van der Waals surface area (Å²) < 4.78 is 1.20. The van der Waals surface area contributed by atoms with E-state index in [2.05, 4.69) is 9.97 Å². The van der Waals surface area contributed by atoms with Crippen molar-refractivity contribution in [1.82, 2.24) is 9.97 Å². The molecule has 0 N–H and O–H groups in total. The lowest BCUT2D eigenvalue weighted by Crippen LogP contribution is -1.77. The topological polar surface area (TPSA) is 25.8 Å². The van der Waals surface area contributed by atoms with Crippen LogP contribution >= 0.6 is 11.3 Å². The lowest BCUT2D eigenvalue weighted by atomic mass is 10.3. The molecule has 0 saturated carbocycles. The largest absolute Gasteiger partial charge is 0.260 e. The van der Waals surface area contributed by atoms with Crippen LogP contribution in [0.1, 0.15) is 5.69 Å². The molecule has 0 atom stereocenters. The van der Waals surface area contributed by atoms with Gasteiger partial charge in [-0.05, 0) is 13.0 Å². The van der Waals surface area contributed by atoms with Crippen molar-refractivity contribution in [1.29, 1.82) is 0 Å². The predicted molar refractivity (Wildman–Crippen MR) is 42.2 cm³/mol. The van der Waals surface area contributed by atoms with Crippen LogP contribution in [0.25, 0.3) is 10.2 Å². The van der Waals surface area contributed by atoms with Gasteiger partial charge in [-0.2, -0.15) is 0 Å². The minimum absolute atomic E-state index is 1.05. The van der Waals surface area contributed by atoms with Crippen molar-refractivity contribution in [2.75, 3.05) is 0 Å². The summed E-state index contributed by atoms with van der Waals surface area (Å²) in [5.74, 6) is 0. The van der Waals surface area contributed by atoms with Gasteiger partial charge in [0.15, 0.2) is 0 Å². The summed E-state index contributed by atoms with van der Waals surface area (Å²) in [6.45, 7) is 2.00. The van der Waals surface area contributed by atoms with E-state index >= 15 is 0 Å². The van der Waals surface area contributed by atoms with Gasteiger partial charge in [0.1, 0.15) is 0 Å². The SMILES string of the molecule is Cc1nccc2ncsc12. The summed E-state index contributed by atoms with van der Waals surface area (Å²) in [7, 11) is 0. The van der Waals surface area contributed by atoms with E-state index in [4.69, 9.17) is 0 Å². The van der Waals surface area contributed by atoms with Crippen LogP contribution in [0.15, 0.2) is 17.8 Å². The maximum absolute atomic E-state index is 4.16. The summed E-state index contributed by atoms with van der Waals surface area (Å²) in [5.41, 5.74) is 3.97. The fraction of sp³-hybridized carbons (Fsp3) is 0.143. The first kappa shape index (κ1) is 5.80. The van der Waals surface area contributed by atoms with Crippen molar-refractivity contribution in [3.05, 3.63) is 23.5 Å². The summed E-state index contributed by atoms with van der Waals surface area (Å²) >= 11 is 1.64. The van der Waals surface area contributed by atoms with Crippen molar-refractivity contribution >= 4 is 21.6 Å². The highest BCUT2D eigenvalue weighted by molar-refractivity contribution is 7.16. The van der Waals surface area contributed by atoms with Crippen LogP contribution in [0, 0.1) is 6.92 Å². The van der Waals surface area contributed by atoms with Crippen molar-refractivity contribution in [3.8, 4) is 0 Å². The van der Waals surface area contributed by atoms with E-state index in [0.717, 1.165) is 11.2 Å². The fourth-order valence-electron chi connectivity index (χ4n) is 0.922. The van der Waals surface area contributed by atoms with Gasteiger partial charge in [0.05, 0.1) is 21.4 Å². The summed E-state index contributed by atoms with van der Waals surface area (Å²) in [5, 5.41) is 0. The Kier molecular flexibility index (Phi) is 1.17. The number of rotatable bonds is 0. The zero-order valence-corrected chi connectivity index (χ0v) is 6.35. The lowest BCUT2D eigenvalue weighted by Gasteiger charge is -1.89. The summed E-state index contributed by atoms with van der Waals surface area (Å²) in [6.07, 6.45) is 1.79. The second-order valence-electron chi connectivity index (χ2n) is 2.10. The van der Waals surface area contributed by atoms with E-state index in [1.54, 1.807) is 17.5 Å². The molecule has 0 spiro atoms. The third-order valence-electron chi connectivity index (χ3n) is 1.42. The molecule has 0 aromatic carbocycles. The lowest BCUT2D eigenvalue weighted by molar-refractivity contribution is 1.24. The zero-order valence-electron chi connectivity index (χ0n) is 5.53. The molecule has 0 unspecified atom stereocenters. The molecule has 0 saturated heterocycles. The molecule has 3 heteroatoms. The Labute approximate surface area is 62.6 Å². The van der Waals surface area contributed by atoms with E-state index in [1.165, 1.54) is 4.70 Å². The van der Waals surface area contributed by atoms with Gasteiger partial charge in [-0.25, -0.2) is 4.98 Å². The van der Waals surface area contributed by atoms with Gasteiger partial charge in [-0.15, -0.1) is 11.3 Å². The van der Waals surface area contributed by atoms with Crippen LogP contribution in [0.4, 0.5) is 0 Å². The molecule has 0 aliphatic carbocycles. The first-order valence-electron chi connectivity index (χ1n) is 3.03. The second kappa shape index (κ2) is 2.02. The van der Waals surface area contributed by atoms with Gasteiger partial charge in [-0.1, -0.05) is 0 Å². The Morgan fingerprint density at radius 3 is 3.10 bits per heavy atom. The number of hydrogen-bond donors (Lipinski definition) is 0. The molecule has 0 amide bonds. The zero-order chi connectivity index (χ0) is 6.97. The molecule has 10 heavy (non-hydrogen) atoms. The number of aryl methyl sites for hydroxylation is 1. The number of pyridine rings is 1. The Balaban J connectivity index is 2.95. The van der Waals surface area contributed by atoms with E-state index < -0.39 is 0 Å². The number of thiazole rings is 1. The Hall–Kier alpha value is -0.960. The average Bonchev–Trinajstić information content (AvgIpc) is 2.36. The van der Waals surface area contributed by atoms with Crippen LogP contribution in [0.2, 0.25) is 0 Å². The molecule has 2 rings (SSSR count). The molecule has 2 aromatic rings. The maximum atomic E-state index is 4.16. The summed E-state index contributed by atoms with van der Waals surface area (Å²) in [4.78, 5) is 8.31. The highest BCUT2D eigenvalue weighted by atomic mass is 32.1.